The van der Waals surface area contributed by atoms with Crippen molar-refractivity contribution in [2.75, 3.05) is 19.6 Å². The Morgan fingerprint density at radius 1 is 0.500 bits per heavy atom. The molecule has 1 amide bonds. The number of piperidine rings is 3. The number of nitrogens with zero attached hydrogens (tertiary/aromatic N) is 4. The summed E-state index contributed by atoms with van der Waals surface area (Å²) in [5.41, 5.74) is 2.64. The monoisotopic (exact) mass is 1640 g/mol. The number of aromatic nitrogens is 3. The number of likely N-dealkylation sites (tertiary alicyclic amines) is 1. The molecule has 598 valence electrons. The fraction of sp³-hybridized carbons (Fsp3) is 0.429. The molecular weight excluding hydrogens is 1530 g/mol. The van der Waals surface area contributed by atoms with Gasteiger partial charge in [-0.1, -0.05) is 79.2 Å². The molecule has 110 heavy (non-hydrogen) atoms. The third kappa shape index (κ3) is 35.8. The van der Waals surface area contributed by atoms with Crippen LogP contribution in [0.1, 0.15) is 199 Å². The zero-order valence-corrected chi connectivity index (χ0v) is 69.5. The van der Waals surface area contributed by atoms with Crippen LogP contribution in [0.3, 0.4) is 0 Å². The van der Waals surface area contributed by atoms with E-state index >= 15 is 0 Å². The zero-order chi connectivity index (χ0) is 79.1. The first kappa shape index (κ1) is 102. The van der Waals surface area contributed by atoms with Crippen molar-refractivity contribution >= 4 is 70.7 Å². The summed E-state index contributed by atoms with van der Waals surface area (Å²) in [5, 5.41) is 74.6. The number of nitrogens with one attached hydrogen (secondary N) is 2. The van der Waals surface area contributed by atoms with Gasteiger partial charge in [0.25, 0.3) is 0 Å². The minimum Gasteiger partial charge on any atom is -1.00 e. The number of amides is 1. The van der Waals surface area contributed by atoms with E-state index in [1.807, 2.05) is 78.8 Å². The summed E-state index contributed by atoms with van der Waals surface area (Å²) < 4.78 is 69.5. The Labute approximate surface area is 685 Å². The third-order valence-corrected chi connectivity index (χ3v) is 18.6. The number of rotatable bonds is 11. The Balaban J connectivity index is 0.000000650. The van der Waals surface area contributed by atoms with E-state index in [0.717, 1.165) is 77.8 Å². The summed E-state index contributed by atoms with van der Waals surface area (Å²) in [6, 6.07) is 40.9. The topological polar surface area (TPSA) is 251 Å². The van der Waals surface area contributed by atoms with Crippen LogP contribution in [0, 0.1) is 54.3 Å². The van der Waals surface area contributed by atoms with Crippen LogP contribution in [0.2, 0.25) is 10.3 Å². The predicted octanol–water partition coefficient (Wildman–Crippen LogP) is 13.8. The Hall–Kier alpha value is -6.33. The number of ketones is 1. The minimum absolute atomic E-state index is 0. The number of halogens is 8. The fourth-order valence-electron chi connectivity index (χ4n) is 11.8. The summed E-state index contributed by atoms with van der Waals surface area (Å²) >= 11 is 11.2. The molecule has 3 aromatic heterocycles. The zero-order valence-electron chi connectivity index (χ0n) is 65.0. The Bertz CT molecular complexity index is 3920. The molecule has 11 rings (SSSR count). The number of carbonyl (C=O) groups excluding carboxylic acids is 2. The molecule has 26 heteroatoms. The number of ether oxygens (including phenoxy) is 1. The molecule has 6 atom stereocenters. The first-order chi connectivity index (χ1) is 49.3. The van der Waals surface area contributed by atoms with Gasteiger partial charge in [0.1, 0.15) is 45.0 Å². The van der Waals surface area contributed by atoms with Gasteiger partial charge in [-0.25, -0.2) is 36.7 Å². The molecule has 8 aromatic rings. The standard InChI is InChI=1S/C19H28FNO3.2C14H20FNO.C14H14FNO.C8H10ClNO.C7H6ClNO.C6H6BFO2.CH4.CH3.BrH.Mg/c1-18(2,3)24-17(22)21-11-10-14(19(4,5)23)12-16(21)13-6-8-15(20)9-7-13;3*1-14(2,17)11-7-8-16-13(9-11)10-3-5-12(15)6-4-10;1-8(2,11)6-3-4-10-7(9)5-6;1-5(10)6-2-3-9-7(8)4-6;8-6-3-1-5(2-4-6)7(9)10;;;;/h6-9,14,16,23H,10-12H2,1-5H3;2*3-6,11,13,16-17H,7-9H2,1-2H3;3-9,17H,1-2H3;3-5,11H,1-2H3;2-4H,1H3;1-4,9-10H;1H4;1H3;1H;/q;;;;;;;;-1;;+2/p-1/t14-,16+;11-,13+;;;;;;;;;/m00........./s1. The second-order valence-corrected chi connectivity index (χ2v) is 31.0. The molecule has 0 bridgehead atoms. The maximum atomic E-state index is 13.3. The van der Waals surface area contributed by atoms with E-state index in [1.165, 1.54) is 85.9 Å². The van der Waals surface area contributed by atoms with Crippen molar-refractivity contribution in [2.45, 2.75) is 195 Å². The molecule has 3 fully saturated rings. The van der Waals surface area contributed by atoms with Crippen LogP contribution in [0.5, 0.6) is 0 Å². The molecule has 0 spiro atoms. The Morgan fingerprint density at radius 2 is 0.855 bits per heavy atom. The molecule has 9 N–H and O–H groups in total. The van der Waals surface area contributed by atoms with Crippen LogP contribution in [0.4, 0.5) is 26.7 Å². The van der Waals surface area contributed by atoms with Gasteiger partial charge in [0.05, 0.1) is 39.7 Å². The number of pyridine rings is 3. The second-order valence-electron chi connectivity index (χ2n) is 30.3. The van der Waals surface area contributed by atoms with Gasteiger partial charge < -0.3 is 80.3 Å². The van der Waals surface area contributed by atoms with Gasteiger partial charge in [0.2, 0.25) is 0 Å². The summed E-state index contributed by atoms with van der Waals surface area (Å²) in [4.78, 5) is 36.8. The van der Waals surface area contributed by atoms with Crippen LogP contribution in [0.15, 0.2) is 176 Å². The number of hydrogen-bond donors (Lipinski definition) is 9. The van der Waals surface area contributed by atoms with Crippen molar-refractivity contribution in [3.63, 3.8) is 0 Å². The van der Waals surface area contributed by atoms with Gasteiger partial charge in [-0.05, 0) is 309 Å². The smallest absolute Gasteiger partial charge is 1.00 e. The van der Waals surface area contributed by atoms with Gasteiger partial charge in [0.15, 0.2) is 5.78 Å². The van der Waals surface area contributed by atoms with E-state index in [1.54, 1.807) is 113 Å². The van der Waals surface area contributed by atoms with Crippen molar-refractivity contribution in [2.24, 2.45) is 17.8 Å². The van der Waals surface area contributed by atoms with Crippen LogP contribution in [-0.4, -0.2) is 140 Å². The summed E-state index contributed by atoms with van der Waals surface area (Å²) in [6.07, 6.45) is 9.47. The van der Waals surface area contributed by atoms with Gasteiger partial charge in [-0.15, -0.1) is 0 Å². The summed E-state index contributed by atoms with van der Waals surface area (Å²) in [6.45, 7) is 27.2. The first-order valence-electron chi connectivity index (χ1n) is 35.2. The van der Waals surface area contributed by atoms with E-state index in [0.29, 0.717) is 52.6 Å². The molecule has 0 radical (unpaired) electrons. The van der Waals surface area contributed by atoms with Crippen molar-refractivity contribution in [1.29, 1.82) is 0 Å². The molecule has 6 heterocycles. The molecule has 3 saturated heterocycles. The maximum Gasteiger partial charge on any atom is 2.00 e. The summed E-state index contributed by atoms with van der Waals surface area (Å²) in [7, 11) is -1.51. The normalized spacial score (nSPS) is 17.5. The number of hydrogen-bond acceptors (Lipinski definition) is 15. The fourth-order valence-corrected chi connectivity index (χ4v) is 12.1. The summed E-state index contributed by atoms with van der Waals surface area (Å²) in [5.74, 6) is -0.727. The van der Waals surface area contributed by atoms with E-state index in [9.17, 15) is 57.1 Å². The molecule has 0 aliphatic carbocycles. The number of aliphatic hydroxyl groups is 5. The molecule has 2 unspecified atom stereocenters. The maximum absolute atomic E-state index is 13.3. The molecule has 3 aliphatic heterocycles. The van der Waals surface area contributed by atoms with E-state index < -0.39 is 40.7 Å². The average Bonchev–Trinajstić information content (AvgIpc) is 0.793. The largest absolute Gasteiger partial charge is 2.00 e. The molecule has 16 nitrogen and oxygen atoms in total. The van der Waals surface area contributed by atoms with Gasteiger partial charge in [-0.3, -0.25) is 9.78 Å². The van der Waals surface area contributed by atoms with Gasteiger partial charge in [0, 0.05) is 48.3 Å². The molecular formula is C84H111BBrCl2F5MgN6O10. The van der Waals surface area contributed by atoms with E-state index in [2.05, 4.69) is 25.6 Å². The quantitative estimate of drug-likeness (QED) is 0.0192. The number of carbonyl (C=O) groups is 2. The van der Waals surface area contributed by atoms with E-state index in [-0.39, 0.29) is 120 Å². The van der Waals surface area contributed by atoms with Crippen LogP contribution in [-0.2, 0) is 15.9 Å². The van der Waals surface area contributed by atoms with Crippen molar-refractivity contribution in [1.82, 2.24) is 30.5 Å². The Morgan fingerprint density at radius 3 is 1.20 bits per heavy atom. The second kappa shape index (κ2) is 46.1. The van der Waals surface area contributed by atoms with Crippen molar-refractivity contribution in [3.05, 3.63) is 257 Å². The first-order valence-corrected chi connectivity index (χ1v) is 36.0. The molecule has 0 saturated carbocycles. The minimum atomic E-state index is -1.51. The van der Waals surface area contributed by atoms with Crippen LogP contribution in [0.25, 0.3) is 11.3 Å². The van der Waals surface area contributed by atoms with Gasteiger partial charge in [-0.2, -0.15) is 0 Å². The number of benzene rings is 5. The SMILES string of the molecule is C.CC(=O)c1ccnc(Cl)c1.CC(C)(C)OC(=O)N1CC[C@H](C(C)(C)O)C[C@@H]1c1ccc(F)cc1.CC(C)(O)C1CCNC(c2ccc(F)cc2)C1.CC(C)(O)[C@H]1CCN[C@@H](c2ccc(F)cc2)C1.CC(C)(O)c1ccnc(-c2ccc(F)cc2)c1.CC(C)(O)c1ccnc(Cl)c1.OB(O)c1ccc(F)cc1.[Br-].[CH3-].[Mg+2]. The molecule has 5 aromatic carbocycles. The van der Waals surface area contributed by atoms with Crippen LogP contribution < -0.4 is 33.1 Å². The van der Waals surface area contributed by atoms with Crippen molar-refractivity contribution < 1.29 is 88.8 Å². The molecule has 3 aliphatic rings. The average molecular weight is 1650 g/mol. The Kier molecular flexibility index (Phi) is 42.6. The predicted molar refractivity (Wildman–Crippen MR) is 427 cm³/mol. The third-order valence-electron chi connectivity index (χ3n) is 18.2. The van der Waals surface area contributed by atoms with E-state index in [4.69, 9.17) is 38.0 Å². The van der Waals surface area contributed by atoms with Crippen LogP contribution >= 0.6 is 23.2 Å². The van der Waals surface area contributed by atoms with Gasteiger partial charge >= 0.3 is 36.3 Å². The number of Topliss-reactive ketones (excluding diaryl/α,β-unsaturated/α-hetero) is 1. The van der Waals surface area contributed by atoms with Crippen molar-refractivity contribution in [3.8, 4) is 11.3 Å².